The maximum Gasteiger partial charge on any atom is 0.139 e. The molecule has 22 heavy (non-hydrogen) atoms. The molecule has 0 aromatic rings. The predicted octanol–water partition coefficient (Wildman–Crippen LogP) is 2.85. The Bertz CT molecular complexity index is 541. The summed E-state index contributed by atoms with van der Waals surface area (Å²) in [5.41, 5.74) is -1.41. The van der Waals surface area contributed by atoms with Crippen LogP contribution in [0.2, 0.25) is 0 Å². The lowest BCUT2D eigenvalue weighted by Gasteiger charge is -2.63. The SMILES string of the molecule is C[C@]12CC[C@@H]3[C@@H](CC(O)C4(O)CC=CC[C@]34C)[C@@H]1CCC2=O. The van der Waals surface area contributed by atoms with Gasteiger partial charge in [0.05, 0.1) is 11.7 Å². The van der Waals surface area contributed by atoms with Crippen molar-refractivity contribution in [3.8, 4) is 0 Å². The molecule has 0 radical (unpaired) electrons. The lowest BCUT2D eigenvalue weighted by Crippen LogP contribution is -2.66. The van der Waals surface area contributed by atoms with E-state index in [9.17, 15) is 15.0 Å². The zero-order valence-corrected chi connectivity index (χ0v) is 13.7. The van der Waals surface area contributed by atoms with Gasteiger partial charge in [0, 0.05) is 17.3 Å². The van der Waals surface area contributed by atoms with Crippen molar-refractivity contribution in [1.29, 1.82) is 0 Å². The summed E-state index contributed by atoms with van der Waals surface area (Å²) in [6.45, 7) is 4.33. The van der Waals surface area contributed by atoms with E-state index in [1.807, 2.05) is 6.08 Å². The number of aliphatic hydroxyl groups is 2. The summed E-state index contributed by atoms with van der Waals surface area (Å²) in [5, 5.41) is 22.0. The summed E-state index contributed by atoms with van der Waals surface area (Å²) in [6.07, 6.45) is 9.28. The molecule has 3 fully saturated rings. The number of rotatable bonds is 0. The van der Waals surface area contributed by atoms with Gasteiger partial charge in [0.1, 0.15) is 5.78 Å². The van der Waals surface area contributed by atoms with Gasteiger partial charge < -0.3 is 10.2 Å². The number of Topliss-reactive ketones (excluding diaryl/α,β-unsaturated/α-hetero) is 1. The Morgan fingerprint density at radius 1 is 1.14 bits per heavy atom. The summed E-state index contributed by atoms with van der Waals surface area (Å²) in [7, 11) is 0. The second-order valence-electron chi connectivity index (χ2n) is 8.77. The van der Waals surface area contributed by atoms with Gasteiger partial charge in [-0.25, -0.2) is 0 Å². The molecule has 0 aromatic carbocycles. The fourth-order valence-corrected chi connectivity index (χ4v) is 6.62. The highest BCUT2D eigenvalue weighted by molar-refractivity contribution is 5.87. The van der Waals surface area contributed by atoms with E-state index >= 15 is 0 Å². The van der Waals surface area contributed by atoms with Crippen LogP contribution in [-0.2, 0) is 4.79 Å². The van der Waals surface area contributed by atoms with Crippen LogP contribution in [0.25, 0.3) is 0 Å². The summed E-state index contributed by atoms with van der Waals surface area (Å²) < 4.78 is 0. The van der Waals surface area contributed by atoms with Crippen molar-refractivity contribution in [2.24, 2.45) is 28.6 Å². The topological polar surface area (TPSA) is 57.5 Å². The van der Waals surface area contributed by atoms with Gasteiger partial charge in [0.2, 0.25) is 0 Å². The van der Waals surface area contributed by atoms with E-state index in [1.165, 1.54) is 0 Å². The third kappa shape index (κ3) is 1.57. The zero-order chi connectivity index (χ0) is 15.8. The molecule has 122 valence electrons. The van der Waals surface area contributed by atoms with Gasteiger partial charge >= 0.3 is 0 Å². The quantitative estimate of drug-likeness (QED) is 0.677. The third-order valence-electron chi connectivity index (χ3n) is 8.14. The number of ketones is 1. The molecular formula is C19H28O3. The molecule has 3 nitrogen and oxygen atoms in total. The standard InChI is InChI=1S/C19H28O3/c1-17-10-7-14-12(13(17)5-6-15(17)20)11-16(21)19(22)9-4-3-8-18(14,19)2/h3-4,12-14,16,21-22H,5-11H2,1-2H3/t12-,13-,14+,16?,17-,18+,19?/m0/s1. The number of aliphatic hydroxyl groups excluding tert-OH is 1. The summed E-state index contributed by atoms with van der Waals surface area (Å²) >= 11 is 0. The van der Waals surface area contributed by atoms with Gasteiger partial charge in [-0.1, -0.05) is 26.0 Å². The maximum absolute atomic E-state index is 12.4. The molecule has 2 unspecified atom stereocenters. The Hall–Kier alpha value is -0.670. The third-order valence-corrected chi connectivity index (χ3v) is 8.14. The van der Waals surface area contributed by atoms with Crippen LogP contribution in [0.3, 0.4) is 0 Å². The van der Waals surface area contributed by atoms with Crippen LogP contribution in [0.5, 0.6) is 0 Å². The fraction of sp³-hybridized carbons (Fsp3) is 0.842. The van der Waals surface area contributed by atoms with Crippen LogP contribution in [0.4, 0.5) is 0 Å². The molecule has 4 rings (SSSR count). The highest BCUT2D eigenvalue weighted by atomic mass is 16.3. The van der Waals surface area contributed by atoms with E-state index in [0.29, 0.717) is 42.8 Å². The van der Waals surface area contributed by atoms with Gasteiger partial charge in [-0.05, 0) is 56.3 Å². The Kier molecular flexibility index (Phi) is 3.01. The predicted molar refractivity (Wildman–Crippen MR) is 84.1 cm³/mol. The van der Waals surface area contributed by atoms with Crippen LogP contribution < -0.4 is 0 Å². The Balaban J connectivity index is 1.75. The molecule has 0 amide bonds. The minimum absolute atomic E-state index is 0.169. The van der Waals surface area contributed by atoms with Crippen molar-refractivity contribution in [2.75, 3.05) is 0 Å². The van der Waals surface area contributed by atoms with E-state index in [2.05, 4.69) is 19.9 Å². The van der Waals surface area contributed by atoms with Crippen molar-refractivity contribution in [3.05, 3.63) is 12.2 Å². The van der Waals surface area contributed by atoms with Gasteiger partial charge in [0.15, 0.2) is 0 Å². The lowest BCUT2D eigenvalue weighted by atomic mass is 9.44. The summed E-state index contributed by atoms with van der Waals surface area (Å²) in [6, 6.07) is 0. The van der Waals surface area contributed by atoms with Crippen LogP contribution >= 0.6 is 0 Å². The first-order chi connectivity index (χ1) is 10.3. The number of hydrogen-bond acceptors (Lipinski definition) is 3. The average molecular weight is 304 g/mol. The minimum atomic E-state index is -0.987. The van der Waals surface area contributed by atoms with E-state index < -0.39 is 11.7 Å². The Labute approximate surface area is 132 Å². The van der Waals surface area contributed by atoms with E-state index in [-0.39, 0.29) is 10.8 Å². The number of fused-ring (bicyclic) bond motifs is 5. The molecule has 0 bridgehead atoms. The monoisotopic (exact) mass is 304 g/mol. The molecule has 2 N–H and O–H groups in total. The molecular weight excluding hydrogens is 276 g/mol. The lowest BCUT2D eigenvalue weighted by molar-refractivity contribution is -0.235. The molecule has 3 heteroatoms. The van der Waals surface area contributed by atoms with Crippen LogP contribution in [0.15, 0.2) is 12.2 Å². The average Bonchev–Trinajstić information content (AvgIpc) is 2.78. The normalized spacial score (nSPS) is 57.2. The van der Waals surface area contributed by atoms with Crippen molar-refractivity contribution in [2.45, 2.75) is 70.5 Å². The smallest absolute Gasteiger partial charge is 0.139 e. The maximum atomic E-state index is 12.4. The fourth-order valence-electron chi connectivity index (χ4n) is 6.62. The van der Waals surface area contributed by atoms with Crippen LogP contribution in [-0.4, -0.2) is 27.7 Å². The summed E-state index contributed by atoms with van der Waals surface area (Å²) in [4.78, 5) is 12.4. The Morgan fingerprint density at radius 3 is 2.64 bits per heavy atom. The van der Waals surface area contributed by atoms with Crippen molar-refractivity contribution >= 4 is 5.78 Å². The number of carbonyl (C=O) groups is 1. The van der Waals surface area contributed by atoms with Crippen molar-refractivity contribution in [3.63, 3.8) is 0 Å². The molecule has 0 aliphatic heterocycles. The van der Waals surface area contributed by atoms with Crippen LogP contribution in [0, 0.1) is 28.6 Å². The van der Waals surface area contributed by atoms with Crippen molar-refractivity contribution < 1.29 is 15.0 Å². The van der Waals surface area contributed by atoms with Crippen molar-refractivity contribution in [1.82, 2.24) is 0 Å². The molecule has 0 saturated heterocycles. The van der Waals surface area contributed by atoms with E-state index in [1.54, 1.807) is 0 Å². The second kappa shape index (κ2) is 4.45. The molecule has 7 atom stereocenters. The first-order valence-electron chi connectivity index (χ1n) is 8.92. The molecule has 0 aromatic heterocycles. The molecule has 4 aliphatic rings. The molecule has 3 saturated carbocycles. The van der Waals surface area contributed by atoms with E-state index in [4.69, 9.17) is 0 Å². The second-order valence-corrected chi connectivity index (χ2v) is 8.77. The number of allylic oxidation sites excluding steroid dienone is 1. The first kappa shape index (κ1) is 14.9. The highest BCUT2D eigenvalue weighted by Gasteiger charge is 2.66. The molecule has 4 aliphatic carbocycles. The van der Waals surface area contributed by atoms with Gasteiger partial charge in [-0.2, -0.15) is 0 Å². The number of hydrogen-bond donors (Lipinski definition) is 2. The van der Waals surface area contributed by atoms with Gasteiger partial charge in [-0.3, -0.25) is 4.79 Å². The molecule has 0 heterocycles. The summed E-state index contributed by atoms with van der Waals surface area (Å²) in [5.74, 6) is 1.65. The van der Waals surface area contributed by atoms with Crippen LogP contribution in [0.1, 0.15) is 58.8 Å². The number of carbonyl (C=O) groups excluding carboxylic acids is 1. The van der Waals surface area contributed by atoms with Gasteiger partial charge in [0.25, 0.3) is 0 Å². The van der Waals surface area contributed by atoms with E-state index in [0.717, 1.165) is 25.7 Å². The first-order valence-corrected chi connectivity index (χ1v) is 8.92. The molecule has 0 spiro atoms. The Morgan fingerprint density at radius 2 is 1.86 bits per heavy atom. The minimum Gasteiger partial charge on any atom is -0.390 e. The van der Waals surface area contributed by atoms with Gasteiger partial charge in [-0.15, -0.1) is 0 Å². The zero-order valence-electron chi connectivity index (χ0n) is 13.7. The highest BCUT2D eigenvalue weighted by Crippen LogP contribution is 2.65. The largest absolute Gasteiger partial charge is 0.390 e.